The molecular weight excluding hydrogens is 148 g/mol. The molecule has 0 aromatic carbocycles. The van der Waals surface area contributed by atoms with E-state index in [1.54, 1.807) is 6.20 Å². The van der Waals surface area contributed by atoms with Crippen molar-refractivity contribution in [2.75, 3.05) is 0 Å². The highest BCUT2D eigenvalue weighted by atomic mass is 14.9. The molecular formula is C10H12N2. The lowest BCUT2D eigenvalue weighted by Gasteiger charge is -2.02. The van der Waals surface area contributed by atoms with E-state index in [0.717, 1.165) is 11.5 Å². The van der Waals surface area contributed by atoms with Gasteiger partial charge in [0.2, 0.25) is 0 Å². The molecule has 1 heterocycles. The first-order valence-corrected chi connectivity index (χ1v) is 4.41. The van der Waals surface area contributed by atoms with Crippen LogP contribution >= 0.6 is 0 Å². The summed E-state index contributed by atoms with van der Waals surface area (Å²) in [4.78, 5) is 7.43. The van der Waals surface area contributed by atoms with Crippen LogP contribution in [-0.2, 0) is 0 Å². The summed E-state index contributed by atoms with van der Waals surface area (Å²) in [5.41, 5.74) is 0.803. The summed E-state index contributed by atoms with van der Waals surface area (Å²) in [5, 5.41) is 0. The highest BCUT2D eigenvalue weighted by Gasteiger charge is 2.19. The van der Waals surface area contributed by atoms with Crippen LogP contribution in [0.1, 0.15) is 43.1 Å². The van der Waals surface area contributed by atoms with Crippen molar-refractivity contribution in [3.05, 3.63) is 17.7 Å². The van der Waals surface area contributed by atoms with Crippen molar-refractivity contribution >= 4 is 0 Å². The van der Waals surface area contributed by atoms with E-state index >= 15 is 0 Å². The normalized spacial score (nSPS) is 17.9. The van der Waals surface area contributed by atoms with E-state index in [2.05, 4.69) is 15.9 Å². The van der Waals surface area contributed by atoms with E-state index in [1.165, 1.54) is 25.7 Å². The Morgan fingerprint density at radius 2 is 2.25 bits per heavy atom. The lowest BCUT2D eigenvalue weighted by atomic mass is 10.1. The molecule has 1 N–H and O–H groups in total. The van der Waals surface area contributed by atoms with Crippen molar-refractivity contribution < 1.29 is 0 Å². The van der Waals surface area contributed by atoms with E-state index in [-0.39, 0.29) is 0 Å². The number of rotatable bonds is 1. The van der Waals surface area contributed by atoms with Gasteiger partial charge in [-0.05, 0) is 12.8 Å². The number of H-pyrrole nitrogens is 1. The molecule has 0 amide bonds. The fourth-order valence-electron chi connectivity index (χ4n) is 1.82. The van der Waals surface area contributed by atoms with Gasteiger partial charge in [-0.1, -0.05) is 18.8 Å². The molecule has 0 aliphatic heterocycles. The zero-order chi connectivity index (χ0) is 8.39. The Balaban J connectivity index is 2.17. The zero-order valence-corrected chi connectivity index (χ0v) is 7.01. The molecule has 2 nitrogen and oxygen atoms in total. The summed E-state index contributed by atoms with van der Waals surface area (Å²) in [7, 11) is 0. The van der Waals surface area contributed by atoms with Gasteiger partial charge in [-0.15, -0.1) is 6.42 Å². The molecule has 0 saturated heterocycles. The monoisotopic (exact) mass is 160 g/mol. The number of hydrogen-bond donors (Lipinski definition) is 1. The molecule has 1 aliphatic carbocycles. The van der Waals surface area contributed by atoms with Gasteiger partial charge in [-0.25, -0.2) is 4.98 Å². The van der Waals surface area contributed by atoms with Crippen LogP contribution in [0.25, 0.3) is 0 Å². The van der Waals surface area contributed by atoms with Gasteiger partial charge in [0.25, 0.3) is 0 Å². The molecule has 2 heteroatoms. The van der Waals surface area contributed by atoms with Crippen LogP contribution in [0.15, 0.2) is 6.20 Å². The highest BCUT2D eigenvalue weighted by molar-refractivity contribution is 5.23. The molecule has 1 aliphatic rings. The van der Waals surface area contributed by atoms with Crippen molar-refractivity contribution in [2.45, 2.75) is 31.6 Å². The van der Waals surface area contributed by atoms with Crippen LogP contribution in [0.5, 0.6) is 0 Å². The smallest absolute Gasteiger partial charge is 0.110 e. The van der Waals surface area contributed by atoms with Crippen molar-refractivity contribution in [3.63, 3.8) is 0 Å². The highest BCUT2D eigenvalue weighted by Crippen LogP contribution is 2.31. The number of aromatic amines is 1. The zero-order valence-electron chi connectivity index (χ0n) is 7.01. The van der Waals surface area contributed by atoms with Gasteiger partial charge in [0, 0.05) is 5.92 Å². The third-order valence-electron chi connectivity index (χ3n) is 2.49. The molecule has 0 atom stereocenters. The predicted octanol–water partition coefficient (Wildman–Crippen LogP) is 2.05. The maximum absolute atomic E-state index is 5.24. The van der Waals surface area contributed by atoms with Crippen molar-refractivity contribution in [1.82, 2.24) is 9.97 Å². The first kappa shape index (κ1) is 7.42. The molecule has 12 heavy (non-hydrogen) atoms. The first-order chi connectivity index (χ1) is 5.90. The molecule has 1 aromatic rings. The van der Waals surface area contributed by atoms with E-state index < -0.39 is 0 Å². The van der Waals surface area contributed by atoms with Crippen LogP contribution in [0, 0.1) is 12.3 Å². The van der Waals surface area contributed by atoms with Crippen LogP contribution in [-0.4, -0.2) is 9.97 Å². The van der Waals surface area contributed by atoms with Crippen LogP contribution in [0.3, 0.4) is 0 Å². The Morgan fingerprint density at radius 1 is 1.50 bits per heavy atom. The van der Waals surface area contributed by atoms with E-state index in [1.807, 2.05) is 0 Å². The van der Waals surface area contributed by atoms with Crippen LogP contribution < -0.4 is 0 Å². The largest absolute Gasteiger partial charge is 0.335 e. The lowest BCUT2D eigenvalue weighted by Crippen LogP contribution is -1.94. The second kappa shape index (κ2) is 3.02. The molecule has 1 saturated carbocycles. The Morgan fingerprint density at radius 3 is 2.83 bits per heavy atom. The van der Waals surface area contributed by atoms with Gasteiger partial charge in [0.15, 0.2) is 0 Å². The van der Waals surface area contributed by atoms with Gasteiger partial charge in [0.1, 0.15) is 11.5 Å². The number of nitrogens with zero attached hydrogens (tertiary/aromatic N) is 1. The van der Waals surface area contributed by atoms with Crippen molar-refractivity contribution in [1.29, 1.82) is 0 Å². The van der Waals surface area contributed by atoms with Gasteiger partial charge >= 0.3 is 0 Å². The first-order valence-electron chi connectivity index (χ1n) is 4.41. The number of nitrogens with one attached hydrogen (secondary N) is 1. The summed E-state index contributed by atoms with van der Waals surface area (Å²) < 4.78 is 0. The minimum Gasteiger partial charge on any atom is -0.335 e. The predicted molar refractivity (Wildman–Crippen MR) is 47.7 cm³/mol. The topological polar surface area (TPSA) is 28.7 Å². The molecule has 0 radical (unpaired) electrons. The summed E-state index contributed by atoms with van der Waals surface area (Å²) in [5.74, 6) is 4.27. The Hall–Kier alpha value is -1.23. The minimum atomic E-state index is 0.632. The number of terminal acetylenes is 1. The van der Waals surface area contributed by atoms with Gasteiger partial charge in [-0.3, -0.25) is 0 Å². The fraction of sp³-hybridized carbons (Fsp3) is 0.500. The maximum Gasteiger partial charge on any atom is 0.110 e. The SMILES string of the molecule is C#Cc1cnc(C2CCCC2)[nH]1. The third-order valence-corrected chi connectivity index (χ3v) is 2.49. The lowest BCUT2D eigenvalue weighted by molar-refractivity contribution is 0.678. The maximum atomic E-state index is 5.24. The van der Waals surface area contributed by atoms with Crippen molar-refractivity contribution in [2.24, 2.45) is 0 Å². The average Bonchev–Trinajstić information content (AvgIpc) is 2.75. The number of hydrogen-bond acceptors (Lipinski definition) is 1. The standard InChI is InChI=1S/C10H12N2/c1-2-9-7-11-10(12-9)8-5-3-4-6-8/h1,7-8H,3-6H2,(H,11,12). The molecule has 2 rings (SSSR count). The Labute approximate surface area is 72.4 Å². The number of imidazole rings is 1. The fourth-order valence-corrected chi connectivity index (χ4v) is 1.82. The Bertz CT molecular complexity index is 300. The van der Waals surface area contributed by atoms with E-state index in [9.17, 15) is 0 Å². The van der Waals surface area contributed by atoms with E-state index in [0.29, 0.717) is 5.92 Å². The molecule has 62 valence electrons. The van der Waals surface area contributed by atoms with Crippen LogP contribution in [0.4, 0.5) is 0 Å². The molecule has 1 aromatic heterocycles. The summed E-state index contributed by atoms with van der Waals surface area (Å²) in [6, 6.07) is 0. The summed E-state index contributed by atoms with van der Waals surface area (Å²) in [6.45, 7) is 0. The third kappa shape index (κ3) is 1.23. The van der Waals surface area contributed by atoms with E-state index in [4.69, 9.17) is 6.42 Å². The quantitative estimate of drug-likeness (QED) is 0.626. The molecule has 0 bridgehead atoms. The molecule has 0 spiro atoms. The minimum absolute atomic E-state index is 0.632. The van der Waals surface area contributed by atoms with Gasteiger partial charge in [0.05, 0.1) is 6.20 Å². The number of aromatic nitrogens is 2. The van der Waals surface area contributed by atoms with Crippen molar-refractivity contribution in [3.8, 4) is 12.3 Å². The van der Waals surface area contributed by atoms with Gasteiger partial charge in [-0.2, -0.15) is 0 Å². The molecule has 1 fully saturated rings. The summed E-state index contributed by atoms with van der Waals surface area (Å²) in [6.07, 6.45) is 12.2. The molecule has 0 unspecified atom stereocenters. The summed E-state index contributed by atoms with van der Waals surface area (Å²) >= 11 is 0. The second-order valence-corrected chi connectivity index (χ2v) is 3.31. The Kier molecular flexibility index (Phi) is 1.87. The second-order valence-electron chi connectivity index (χ2n) is 3.31. The average molecular weight is 160 g/mol. The van der Waals surface area contributed by atoms with Gasteiger partial charge < -0.3 is 4.98 Å². The van der Waals surface area contributed by atoms with Crippen LogP contribution in [0.2, 0.25) is 0 Å².